The number of aromatic nitrogens is 4. The Bertz CT molecular complexity index is 2380. The molecule has 0 aliphatic carbocycles. The van der Waals surface area contributed by atoms with Crippen LogP contribution in [0.15, 0.2) is 150 Å². The number of fused-ring (bicyclic) bond motifs is 6. The molecule has 0 radical (unpaired) electrons. The van der Waals surface area contributed by atoms with Crippen molar-refractivity contribution in [3.8, 4) is 39.9 Å². The van der Waals surface area contributed by atoms with Crippen molar-refractivity contribution in [1.82, 2.24) is 19.5 Å². The van der Waals surface area contributed by atoms with Crippen LogP contribution in [0.4, 0.5) is 0 Å². The van der Waals surface area contributed by atoms with Crippen molar-refractivity contribution >= 4 is 43.7 Å². The van der Waals surface area contributed by atoms with Gasteiger partial charge in [0.05, 0.1) is 16.7 Å². The van der Waals surface area contributed by atoms with E-state index in [4.69, 9.17) is 19.4 Å². The lowest BCUT2D eigenvalue weighted by molar-refractivity contribution is 0.669. The highest BCUT2D eigenvalue weighted by molar-refractivity contribution is 6.12. The second-order valence-corrected chi connectivity index (χ2v) is 10.9. The average Bonchev–Trinajstić information content (AvgIpc) is 3.63. The lowest BCUT2D eigenvalue weighted by atomic mass is 10.1. The molecule has 0 spiro atoms. The Morgan fingerprint density at radius 3 is 1.52 bits per heavy atom. The van der Waals surface area contributed by atoms with Crippen LogP contribution in [0.5, 0.6) is 0 Å². The van der Waals surface area contributed by atoms with Crippen LogP contribution in [0.25, 0.3) is 83.6 Å². The number of benzene rings is 6. The zero-order valence-electron chi connectivity index (χ0n) is 23.6. The van der Waals surface area contributed by atoms with Gasteiger partial charge in [-0.1, -0.05) is 115 Å². The van der Waals surface area contributed by atoms with Crippen molar-refractivity contribution in [2.24, 2.45) is 0 Å². The molecule has 44 heavy (non-hydrogen) atoms. The van der Waals surface area contributed by atoms with Gasteiger partial charge in [-0.15, -0.1) is 0 Å². The van der Waals surface area contributed by atoms with Gasteiger partial charge in [-0.05, 0) is 30.3 Å². The summed E-state index contributed by atoms with van der Waals surface area (Å²) in [5.41, 5.74) is 7.55. The molecule has 0 unspecified atom stereocenters. The van der Waals surface area contributed by atoms with Crippen molar-refractivity contribution < 1.29 is 4.42 Å². The standard InChI is InChI=1S/C39H24N4O/c1-3-13-25(14-4-1)37-40-38(26-15-5-2-6-16-26)42-39(41-37)31-24-36-30(29-19-9-12-22-35(29)44-36)23-34(31)43-32-20-10-7-17-27(32)28-18-8-11-21-33(28)43/h1-24H. The molecular formula is C39H24N4O. The van der Waals surface area contributed by atoms with E-state index in [2.05, 4.69) is 77.4 Å². The zero-order chi connectivity index (χ0) is 29.0. The summed E-state index contributed by atoms with van der Waals surface area (Å²) in [5, 5.41) is 4.50. The second-order valence-electron chi connectivity index (χ2n) is 10.9. The van der Waals surface area contributed by atoms with Gasteiger partial charge in [-0.2, -0.15) is 0 Å². The van der Waals surface area contributed by atoms with Crippen LogP contribution in [0, 0.1) is 0 Å². The van der Waals surface area contributed by atoms with Gasteiger partial charge in [0.15, 0.2) is 17.5 Å². The van der Waals surface area contributed by atoms with E-state index in [0.717, 1.165) is 55.3 Å². The van der Waals surface area contributed by atoms with E-state index < -0.39 is 0 Å². The molecular weight excluding hydrogens is 540 g/mol. The SMILES string of the molecule is c1ccc(-c2nc(-c3ccccc3)nc(-c3cc4oc5ccccc5c4cc3-n3c4ccccc4c4ccccc43)n2)cc1. The van der Waals surface area contributed by atoms with Crippen molar-refractivity contribution in [1.29, 1.82) is 0 Å². The first-order valence-electron chi connectivity index (χ1n) is 14.6. The predicted octanol–water partition coefficient (Wildman–Crippen LogP) is 9.87. The predicted molar refractivity (Wildman–Crippen MR) is 178 cm³/mol. The molecule has 0 saturated carbocycles. The minimum atomic E-state index is 0.580. The fraction of sp³-hybridized carbons (Fsp3) is 0. The van der Waals surface area contributed by atoms with E-state index in [-0.39, 0.29) is 0 Å². The first-order valence-corrected chi connectivity index (χ1v) is 14.6. The summed E-state index contributed by atoms with van der Waals surface area (Å²) in [6.45, 7) is 0. The van der Waals surface area contributed by atoms with E-state index in [9.17, 15) is 0 Å². The van der Waals surface area contributed by atoms with Crippen molar-refractivity contribution in [2.45, 2.75) is 0 Å². The van der Waals surface area contributed by atoms with Gasteiger partial charge < -0.3 is 8.98 Å². The number of hydrogen-bond acceptors (Lipinski definition) is 4. The minimum Gasteiger partial charge on any atom is -0.456 e. The molecule has 0 bridgehead atoms. The maximum absolute atomic E-state index is 6.41. The first-order chi connectivity index (χ1) is 21.8. The Hall–Kier alpha value is -6.07. The van der Waals surface area contributed by atoms with Crippen molar-refractivity contribution in [3.63, 3.8) is 0 Å². The third-order valence-corrected chi connectivity index (χ3v) is 8.26. The summed E-state index contributed by atoms with van der Waals surface area (Å²) in [4.78, 5) is 15.2. The average molecular weight is 565 g/mol. The number of hydrogen-bond donors (Lipinski definition) is 0. The summed E-state index contributed by atoms with van der Waals surface area (Å²) in [6.07, 6.45) is 0. The van der Waals surface area contributed by atoms with Crippen LogP contribution in [-0.4, -0.2) is 19.5 Å². The summed E-state index contributed by atoms with van der Waals surface area (Å²) >= 11 is 0. The van der Waals surface area contributed by atoms with Crippen LogP contribution < -0.4 is 0 Å². The summed E-state index contributed by atoms with van der Waals surface area (Å²) in [6, 6.07) is 49.7. The lowest BCUT2D eigenvalue weighted by Crippen LogP contribution is -2.03. The Balaban J connectivity index is 1.42. The zero-order valence-corrected chi connectivity index (χ0v) is 23.6. The molecule has 6 aromatic carbocycles. The first kappa shape index (κ1) is 24.5. The summed E-state index contributed by atoms with van der Waals surface area (Å²) in [5.74, 6) is 1.82. The number of nitrogens with zero attached hydrogens (tertiary/aromatic N) is 4. The molecule has 0 amide bonds. The molecule has 0 atom stereocenters. The van der Waals surface area contributed by atoms with Gasteiger partial charge in [-0.3, -0.25) is 0 Å². The van der Waals surface area contributed by atoms with E-state index in [0.29, 0.717) is 17.5 Å². The number of furan rings is 1. The summed E-state index contributed by atoms with van der Waals surface area (Å²) in [7, 11) is 0. The fourth-order valence-electron chi connectivity index (χ4n) is 6.24. The van der Waals surface area contributed by atoms with Crippen molar-refractivity contribution in [3.05, 3.63) is 146 Å². The fourth-order valence-corrected chi connectivity index (χ4v) is 6.24. The topological polar surface area (TPSA) is 56.7 Å². The van der Waals surface area contributed by atoms with E-state index in [1.165, 1.54) is 10.8 Å². The molecule has 9 rings (SSSR count). The maximum atomic E-state index is 6.41. The number of para-hydroxylation sites is 3. The summed E-state index contributed by atoms with van der Waals surface area (Å²) < 4.78 is 8.74. The smallest absolute Gasteiger partial charge is 0.166 e. The van der Waals surface area contributed by atoms with Gasteiger partial charge in [0.25, 0.3) is 0 Å². The molecule has 3 heterocycles. The van der Waals surface area contributed by atoms with Gasteiger partial charge in [0.2, 0.25) is 0 Å². The normalized spacial score (nSPS) is 11.6. The second kappa shape index (κ2) is 9.75. The lowest BCUT2D eigenvalue weighted by Gasteiger charge is -2.15. The van der Waals surface area contributed by atoms with Gasteiger partial charge >= 0.3 is 0 Å². The Kier molecular flexibility index (Phi) is 5.43. The maximum Gasteiger partial charge on any atom is 0.166 e. The highest BCUT2D eigenvalue weighted by Crippen LogP contribution is 2.40. The third kappa shape index (κ3) is 3.83. The quantitative estimate of drug-likeness (QED) is 0.213. The number of rotatable bonds is 4. The van der Waals surface area contributed by atoms with E-state index in [1.54, 1.807) is 0 Å². The third-order valence-electron chi connectivity index (χ3n) is 8.26. The minimum absolute atomic E-state index is 0.580. The van der Waals surface area contributed by atoms with Crippen LogP contribution >= 0.6 is 0 Å². The highest BCUT2D eigenvalue weighted by Gasteiger charge is 2.21. The molecule has 5 nitrogen and oxygen atoms in total. The molecule has 0 aliphatic heterocycles. The van der Waals surface area contributed by atoms with Crippen LogP contribution in [-0.2, 0) is 0 Å². The monoisotopic (exact) mass is 564 g/mol. The molecule has 0 fully saturated rings. The van der Waals surface area contributed by atoms with Gasteiger partial charge in [-0.25, -0.2) is 15.0 Å². The van der Waals surface area contributed by atoms with E-state index >= 15 is 0 Å². The molecule has 9 aromatic rings. The molecule has 0 aliphatic rings. The van der Waals surface area contributed by atoms with E-state index in [1.807, 2.05) is 72.8 Å². The molecule has 206 valence electrons. The van der Waals surface area contributed by atoms with Crippen LogP contribution in [0.2, 0.25) is 0 Å². The Morgan fingerprint density at radius 1 is 0.409 bits per heavy atom. The molecule has 5 heteroatoms. The molecule has 3 aromatic heterocycles. The Morgan fingerprint density at radius 2 is 0.909 bits per heavy atom. The largest absolute Gasteiger partial charge is 0.456 e. The van der Waals surface area contributed by atoms with Gasteiger partial charge in [0, 0.05) is 38.2 Å². The molecule has 0 N–H and O–H groups in total. The Labute approximate surface area is 252 Å². The van der Waals surface area contributed by atoms with Crippen molar-refractivity contribution in [2.75, 3.05) is 0 Å². The highest BCUT2D eigenvalue weighted by atomic mass is 16.3. The molecule has 0 saturated heterocycles. The van der Waals surface area contributed by atoms with Gasteiger partial charge in [0.1, 0.15) is 11.2 Å². The van der Waals surface area contributed by atoms with Crippen LogP contribution in [0.3, 0.4) is 0 Å². The van der Waals surface area contributed by atoms with Crippen LogP contribution in [0.1, 0.15) is 0 Å².